The van der Waals surface area contributed by atoms with Gasteiger partial charge in [-0.1, -0.05) is 30.3 Å². The molecule has 4 rings (SSSR count). The largest absolute Gasteiger partial charge is 0.439 e. The van der Waals surface area contributed by atoms with Crippen molar-refractivity contribution in [1.82, 2.24) is 4.98 Å². The summed E-state index contributed by atoms with van der Waals surface area (Å²) in [5.41, 5.74) is 9.27. The highest BCUT2D eigenvalue weighted by molar-refractivity contribution is 5.85. The lowest BCUT2D eigenvalue weighted by molar-refractivity contribution is -0.119. The highest BCUT2D eigenvalue weighted by Crippen LogP contribution is 2.39. The standard InChI is InChI=1S/C19H19N3O2/c1-12-10-14(19(20)23)13-6-2-4-8-16(13)22(12)11-18-21-15-7-3-5-9-17(15)24-18/h2-9,12,14H,10-11H2,1H3,(H2,20,23)/t12-,14-/m0/s1. The van der Waals surface area contributed by atoms with Gasteiger partial charge in [-0.05, 0) is 37.1 Å². The van der Waals surface area contributed by atoms with E-state index < -0.39 is 0 Å². The van der Waals surface area contributed by atoms with Gasteiger partial charge < -0.3 is 15.1 Å². The molecular weight excluding hydrogens is 302 g/mol. The van der Waals surface area contributed by atoms with Gasteiger partial charge in [-0.15, -0.1) is 0 Å². The number of carbonyl (C=O) groups is 1. The van der Waals surface area contributed by atoms with Gasteiger partial charge in [0.05, 0.1) is 12.5 Å². The number of benzene rings is 2. The molecule has 122 valence electrons. The first-order valence-electron chi connectivity index (χ1n) is 8.13. The minimum Gasteiger partial charge on any atom is -0.439 e. The fourth-order valence-electron chi connectivity index (χ4n) is 3.52. The number of aromatic nitrogens is 1. The Bertz CT molecular complexity index is 869. The lowest BCUT2D eigenvalue weighted by atomic mass is 9.85. The molecule has 0 unspecified atom stereocenters. The lowest BCUT2D eigenvalue weighted by Gasteiger charge is -2.39. The third kappa shape index (κ3) is 2.42. The number of hydrogen-bond donors (Lipinski definition) is 1. The van der Waals surface area contributed by atoms with E-state index in [1.165, 1.54) is 0 Å². The number of fused-ring (bicyclic) bond motifs is 2. The first kappa shape index (κ1) is 14.8. The Morgan fingerprint density at radius 2 is 2.00 bits per heavy atom. The Labute approximate surface area is 140 Å². The van der Waals surface area contributed by atoms with Gasteiger partial charge in [0.25, 0.3) is 0 Å². The van der Waals surface area contributed by atoms with Crippen LogP contribution in [0.25, 0.3) is 11.1 Å². The van der Waals surface area contributed by atoms with Crippen LogP contribution in [0, 0.1) is 0 Å². The van der Waals surface area contributed by atoms with E-state index in [1.54, 1.807) is 0 Å². The maximum absolute atomic E-state index is 11.8. The van der Waals surface area contributed by atoms with E-state index in [-0.39, 0.29) is 17.9 Å². The Balaban J connectivity index is 1.71. The molecule has 2 atom stereocenters. The molecule has 0 spiro atoms. The molecule has 0 bridgehead atoms. The second-order valence-electron chi connectivity index (χ2n) is 6.30. The van der Waals surface area contributed by atoms with Crippen LogP contribution in [0.5, 0.6) is 0 Å². The van der Waals surface area contributed by atoms with Gasteiger partial charge >= 0.3 is 0 Å². The molecule has 0 fully saturated rings. The van der Waals surface area contributed by atoms with Crippen LogP contribution in [0.15, 0.2) is 52.9 Å². The van der Waals surface area contributed by atoms with Gasteiger partial charge in [0.15, 0.2) is 5.58 Å². The Hall–Kier alpha value is -2.82. The van der Waals surface area contributed by atoms with Gasteiger partial charge in [0, 0.05) is 11.7 Å². The van der Waals surface area contributed by atoms with E-state index in [9.17, 15) is 4.79 Å². The fourth-order valence-corrected chi connectivity index (χ4v) is 3.52. The first-order valence-corrected chi connectivity index (χ1v) is 8.13. The Kier molecular flexibility index (Phi) is 3.49. The van der Waals surface area contributed by atoms with Crippen LogP contribution in [0.2, 0.25) is 0 Å². The molecule has 24 heavy (non-hydrogen) atoms. The molecule has 1 amide bonds. The lowest BCUT2D eigenvalue weighted by Crippen LogP contribution is -2.41. The molecule has 5 nitrogen and oxygen atoms in total. The Morgan fingerprint density at radius 1 is 1.25 bits per heavy atom. The first-order chi connectivity index (χ1) is 11.6. The summed E-state index contributed by atoms with van der Waals surface area (Å²) in [6.07, 6.45) is 0.701. The Morgan fingerprint density at radius 3 is 2.79 bits per heavy atom. The van der Waals surface area contributed by atoms with Gasteiger partial charge in [-0.25, -0.2) is 4.98 Å². The van der Waals surface area contributed by atoms with E-state index in [0.717, 1.165) is 22.4 Å². The maximum atomic E-state index is 11.8. The van der Waals surface area contributed by atoms with Gasteiger partial charge in [-0.2, -0.15) is 0 Å². The number of para-hydroxylation sites is 3. The highest BCUT2D eigenvalue weighted by Gasteiger charge is 2.33. The fraction of sp³-hybridized carbons (Fsp3) is 0.263. The monoisotopic (exact) mass is 321 g/mol. The number of nitrogens with two attached hydrogens (primary N) is 1. The van der Waals surface area contributed by atoms with E-state index in [0.29, 0.717) is 18.9 Å². The molecule has 0 radical (unpaired) electrons. The molecule has 1 aliphatic heterocycles. The summed E-state index contributed by atoms with van der Waals surface area (Å²) in [4.78, 5) is 18.6. The van der Waals surface area contributed by atoms with Crippen LogP contribution in [0.3, 0.4) is 0 Å². The summed E-state index contributed by atoms with van der Waals surface area (Å²) in [6.45, 7) is 2.67. The minimum absolute atomic E-state index is 0.174. The van der Waals surface area contributed by atoms with E-state index in [2.05, 4.69) is 16.8 Å². The predicted molar refractivity (Wildman–Crippen MR) is 92.6 cm³/mol. The van der Waals surface area contributed by atoms with Crippen molar-refractivity contribution < 1.29 is 9.21 Å². The number of amides is 1. The van der Waals surface area contributed by atoms with Crippen molar-refractivity contribution in [1.29, 1.82) is 0 Å². The van der Waals surface area contributed by atoms with Crippen LogP contribution in [0.4, 0.5) is 5.69 Å². The van der Waals surface area contributed by atoms with Crippen LogP contribution in [0.1, 0.15) is 30.7 Å². The smallest absolute Gasteiger partial charge is 0.225 e. The van der Waals surface area contributed by atoms with Gasteiger partial charge in [0.2, 0.25) is 11.8 Å². The molecule has 0 aliphatic carbocycles. The topological polar surface area (TPSA) is 72.4 Å². The number of carbonyl (C=O) groups excluding carboxylic acids is 1. The average molecular weight is 321 g/mol. The third-order valence-corrected chi connectivity index (χ3v) is 4.72. The van der Waals surface area contributed by atoms with E-state index >= 15 is 0 Å². The maximum Gasteiger partial charge on any atom is 0.225 e. The van der Waals surface area contributed by atoms with Gasteiger partial charge in [0.1, 0.15) is 5.52 Å². The van der Waals surface area contributed by atoms with Crippen molar-refractivity contribution in [2.45, 2.75) is 31.8 Å². The molecular formula is C19H19N3O2. The normalized spacial score (nSPS) is 20.1. The number of rotatable bonds is 3. The zero-order valence-corrected chi connectivity index (χ0v) is 13.5. The van der Waals surface area contributed by atoms with Crippen molar-refractivity contribution in [3.8, 4) is 0 Å². The SMILES string of the molecule is C[C@H]1C[C@H](C(N)=O)c2ccccc2N1Cc1nc2ccccc2o1. The summed E-state index contributed by atoms with van der Waals surface area (Å²) < 4.78 is 5.86. The van der Waals surface area contributed by atoms with Crippen molar-refractivity contribution in [2.75, 3.05) is 4.90 Å². The number of nitrogens with zero attached hydrogens (tertiary/aromatic N) is 2. The summed E-state index contributed by atoms with van der Waals surface area (Å²) in [7, 11) is 0. The second kappa shape index (κ2) is 5.67. The van der Waals surface area contributed by atoms with Crippen LogP contribution in [-0.2, 0) is 11.3 Å². The minimum atomic E-state index is -0.268. The molecule has 2 N–H and O–H groups in total. The zero-order chi connectivity index (χ0) is 16.7. The van der Waals surface area contributed by atoms with E-state index in [4.69, 9.17) is 10.2 Å². The van der Waals surface area contributed by atoms with Crippen molar-refractivity contribution in [3.63, 3.8) is 0 Å². The number of oxazole rings is 1. The van der Waals surface area contributed by atoms with Crippen LogP contribution < -0.4 is 10.6 Å². The van der Waals surface area contributed by atoms with Gasteiger partial charge in [-0.3, -0.25) is 4.79 Å². The molecule has 2 heterocycles. The van der Waals surface area contributed by atoms with Crippen molar-refractivity contribution in [3.05, 3.63) is 60.0 Å². The van der Waals surface area contributed by atoms with Crippen molar-refractivity contribution in [2.24, 2.45) is 5.73 Å². The highest BCUT2D eigenvalue weighted by atomic mass is 16.3. The second-order valence-corrected chi connectivity index (χ2v) is 6.30. The number of anilines is 1. The number of hydrogen-bond acceptors (Lipinski definition) is 4. The third-order valence-electron chi connectivity index (χ3n) is 4.72. The summed E-state index contributed by atoms with van der Waals surface area (Å²) in [5, 5.41) is 0. The summed E-state index contributed by atoms with van der Waals surface area (Å²) >= 11 is 0. The molecule has 2 aromatic carbocycles. The zero-order valence-electron chi connectivity index (χ0n) is 13.5. The number of primary amides is 1. The summed E-state index contributed by atoms with van der Waals surface area (Å²) in [5.74, 6) is 0.169. The summed E-state index contributed by atoms with van der Waals surface area (Å²) in [6, 6.07) is 15.9. The van der Waals surface area contributed by atoms with Crippen LogP contribution in [-0.4, -0.2) is 16.9 Å². The van der Waals surface area contributed by atoms with Crippen LogP contribution >= 0.6 is 0 Å². The van der Waals surface area contributed by atoms with E-state index in [1.807, 2.05) is 48.5 Å². The van der Waals surface area contributed by atoms with Crippen molar-refractivity contribution >= 4 is 22.7 Å². The molecule has 3 aromatic rings. The predicted octanol–water partition coefficient (Wildman–Crippen LogP) is 3.20. The molecule has 5 heteroatoms. The molecule has 1 aliphatic rings. The average Bonchev–Trinajstić information content (AvgIpc) is 2.99. The quantitative estimate of drug-likeness (QED) is 0.804. The molecule has 0 saturated heterocycles. The molecule has 0 saturated carbocycles. The molecule has 1 aromatic heterocycles.